The number of methoxy groups -OCH3 is 2. The van der Waals surface area contributed by atoms with E-state index in [9.17, 15) is 37.5 Å². The van der Waals surface area contributed by atoms with Gasteiger partial charge in [0.25, 0.3) is 11.8 Å². The van der Waals surface area contributed by atoms with Crippen LogP contribution in [0.5, 0.6) is 23.0 Å². The van der Waals surface area contributed by atoms with Crippen LogP contribution in [-0.4, -0.2) is 59.3 Å². The van der Waals surface area contributed by atoms with E-state index in [1.54, 1.807) is 67.6 Å². The van der Waals surface area contributed by atoms with Crippen molar-refractivity contribution in [2.75, 3.05) is 30.6 Å². The van der Waals surface area contributed by atoms with E-state index in [4.69, 9.17) is 37.4 Å². The lowest BCUT2D eigenvalue weighted by molar-refractivity contribution is -0.125. The number of aromatic hydroxyl groups is 1. The topological polar surface area (TPSA) is 123 Å². The third kappa shape index (κ3) is 6.10. The minimum atomic E-state index is -2.73. The first-order valence-corrected chi connectivity index (χ1v) is 19.6. The number of carbonyl (C=O) groups excluding carboxylic acids is 4. The molecule has 8 rings (SSSR count). The average molecular weight is 884 g/mol. The molecule has 2 saturated heterocycles. The lowest BCUT2D eigenvalue weighted by atomic mass is 9.56. The molecule has 2 heterocycles. The molecule has 0 bridgehead atoms. The first-order valence-electron chi connectivity index (χ1n) is 18.9. The van der Waals surface area contributed by atoms with Crippen LogP contribution in [0, 0.1) is 46.8 Å². The summed E-state index contributed by atoms with van der Waals surface area (Å²) in [6.07, 6.45) is 4.45. The van der Waals surface area contributed by atoms with E-state index in [1.807, 2.05) is 0 Å². The molecule has 4 amide bonds. The Morgan fingerprint density at radius 2 is 1.44 bits per heavy atom. The number of nitrogens with zero attached hydrogens (tertiary/aromatic N) is 2. The van der Waals surface area contributed by atoms with Crippen molar-refractivity contribution in [3.63, 3.8) is 0 Å². The number of hydrogen-bond acceptors (Lipinski definition) is 8. The first-order chi connectivity index (χ1) is 29.0. The second-order valence-electron chi connectivity index (χ2n) is 14.9. The Hall–Kier alpha value is -5.93. The van der Waals surface area contributed by atoms with Gasteiger partial charge in [-0.25, -0.2) is 26.9 Å². The summed E-state index contributed by atoms with van der Waals surface area (Å²) in [5.74, 6) is -20.9. The highest BCUT2D eigenvalue weighted by molar-refractivity contribution is 6.58. The number of benzene rings is 4. The molecular formula is C44H33Cl2F5N2O8. The van der Waals surface area contributed by atoms with Crippen molar-refractivity contribution >= 4 is 70.4 Å². The van der Waals surface area contributed by atoms with Crippen molar-refractivity contribution in [3.8, 4) is 23.0 Å². The molecule has 4 aromatic carbocycles. The van der Waals surface area contributed by atoms with E-state index in [0.29, 0.717) is 17.1 Å². The number of hydrogen-bond donors (Lipinski definition) is 1. The van der Waals surface area contributed by atoms with Crippen LogP contribution in [-0.2, 0) is 19.2 Å². The van der Waals surface area contributed by atoms with Gasteiger partial charge in [0, 0.05) is 11.5 Å². The normalized spacial score (nSPS) is 25.8. The molecule has 3 fully saturated rings. The number of phenolic OH excluding ortho intramolecular Hbond substituents is 1. The monoisotopic (exact) mass is 882 g/mol. The minimum absolute atomic E-state index is 0.0561. The molecule has 61 heavy (non-hydrogen) atoms. The third-order valence-electron chi connectivity index (χ3n) is 11.9. The van der Waals surface area contributed by atoms with Crippen LogP contribution in [0.4, 0.5) is 33.3 Å². The average Bonchev–Trinajstić information content (AvgIpc) is 3.59. The molecule has 4 aromatic rings. The van der Waals surface area contributed by atoms with E-state index in [1.165, 1.54) is 32.4 Å². The van der Waals surface area contributed by atoms with Crippen molar-refractivity contribution in [3.05, 3.63) is 118 Å². The van der Waals surface area contributed by atoms with Gasteiger partial charge in [-0.05, 0) is 79.3 Å². The predicted molar refractivity (Wildman–Crippen MR) is 213 cm³/mol. The molecule has 0 spiro atoms. The molecular weight excluding hydrogens is 850 g/mol. The van der Waals surface area contributed by atoms with Crippen LogP contribution in [0.1, 0.15) is 42.4 Å². The summed E-state index contributed by atoms with van der Waals surface area (Å²) in [5, 5.41) is 10.6. The SMILES string of the molecule is CCOc1cc([C@H]2C3=CC[C@@H]4C(=O)N(c5ccc(C=Cc6cc(OC)ccc6OC)cc5)C(=O)[C@@H]4[C@@H]3C[C@@]3(Cl)C(=O)N(c4c(F)c(F)c(F)c(F)c4F)C(=O)[C@@]23Cl)ccc1O. The number of anilines is 2. The van der Waals surface area contributed by atoms with Gasteiger partial charge < -0.3 is 19.3 Å². The summed E-state index contributed by atoms with van der Waals surface area (Å²) in [6, 6.07) is 15.7. The Bertz CT molecular complexity index is 2600. The van der Waals surface area contributed by atoms with E-state index in [-0.39, 0.29) is 46.3 Å². The second kappa shape index (κ2) is 15.2. The zero-order valence-corrected chi connectivity index (χ0v) is 33.8. The molecule has 17 heteroatoms. The number of phenols is 1. The van der Waals surface area contributed by atoms with Gasteiger partial charge in [0.15, 0.2) is 44.5 Å². The van der Waals surface area contributed by atoms with Gasteiger partial charge in [-0.2, -0.15) is 0 Å². The summed E-state index contributed by atoms with van der Waals surface area (Å²) in [5.41, 5.74) is 0.110. The Morgan fingerprint density at radius 3 is 2.08 bits per heavy atom. The molecule has 316 valence electrons. The summed E-state index contributed by atoms with van der Waals surface area (Å²) in [4.78, 5) is 53.2. The number of ether oxygens (including phenoxy) is 3. The fourth-order valence-corrected chi connectivity index (χ4v) is 10.0. The highest BCUT2D eigenvalue weighted by Crippen LogP contribution is 2.66. The maximum atomic E-state index is 15.4. The fraction of sp³-hybridized carbons (Fsp3) is 0.273. The predicted octanol–water partition coefficient (Wildman–Crippen LogP) is 8.44. The van der Waals surface area contributed by atoms with Crippen LogP contribution >= 0.6 is 23.2 Å². The van der Waals surface area contributed by atoms with Crippen molar-refractivity contribution < 1.29 is 60.4 Å². The summed E-state index contributed by atoms with van der Waals surface area (Å²) < 4.78 is 90.5. The van der Waals surface area contributed by atoms with Gasteiger partial charge in [0.2, 0.25) is 17.6 Å². The van der Waals surface area contributed by atoms with E-state index < -0.39 is 98.2 Å². The number of halogens is 7. The Morgan fingerprint density at radius 1 is 0.770 bits per heavy atom. The molecule has 2 aliphatic heterocycles. The maximum absolute atomic E-state index is 15.4. The number of fused-ring (bicyclic) bond motifs is 4. The van der Waals surface area contributed by atoms with Gasteiger partial charge in [-0.3, -0.25) is 24.1 Å². The van der Waals surface area contributed by atoms with Gasteiger partial charge in [0.1, 0.15) is 17.2 Å². The van der Waals surface area contributed by atoms with Crippen LogP contribution in [0.2, 0.25) is 0 Å². The largest absolute Gasteiger partial charge is 0.504 e. The molecule has 0 aromatic heterocycles. The van der Waals surface area contributed by atoms with Crippen LogP contribution in [0.15, 0.2) is 72.3 Å². The lowest BCUT2D eigenvalue weighted by Crippen LogP contribution is -2.60. The summed E-state index contributed by atoms with van der Waals surface area (Å²) >= 11 is 14.5. The molecule has 10 nitrogen and oxygen atoms in total. The lowest BCUT2D eigenvalue weighted by Gasteiger charge is -2.50. The Labute approximate surface area is 354 Å². The number of imide groups is 2. The van der Waals surface area contributed by atoms with E-state index in [2.05, 4.69) is 0 Å². The number of allylic oxidation sites excluding steroid dienone is 2. The highest BCUT2D eigenvalue weighted by Gasteiger charge is 2.77. The first kappa shape index (κ1) is 41.8. The number of carbonyl (C=O) groups is 4. The smallest absolute Gasteiger partial charge is 0.258 e. The minimum Gasteiger partial charge on any atom is -0.504 e. The zero-order valence-electron chi connectivity index (χ0n) is 32.3. The van der Waals surface area contributed by atoms with E-state index in [0.717, 1.165) is 10.5 Å². The van der Waals surface area contributed by atoms with Crippen LogP contribution in [0.25, 0.3) is 12.2 Å². The van der Waals surface area contributed by atoms with Crippen molar-refractivity contribution in [1.82, 2.24) is 0 Å². The van der Waals surface area contributed by atoms with Gasteiger partial charge >= 0.3 is 0 Å². The summed E-state index contributed by atoms with van der Waals surface area (Å²) in [6.45, 7) is 1.69. The number of amides is 4. The number of alkyl halides is 2. The quantitative estimate of drug-likeness (QED) is 0.0338. The number of rotatable bonds is 9. The molecule has 1 N–H and O–H groups in total. The second-order valence-corrected chi connectivity index (χ2v) is 16.1. The fourth-order valence-electron chi connectivity index (χ4n) is 9.07. The Balaban J connectivity index is 1.20. The molecule has 0 radical (unpaired) electrons. The van der Waals surface area contributed by atoms with Crippen LogP contribution in [0.3, 0.4) is 0 Å². The molecule has 1 saturated carbocycles. The standard InChI is InChI=1S/C44H33Cl2F5N2O8/c1-4-61-30-18-22(9-15-28(30)54)32-25-13-14-26-31(27(25)19-43(45)41(57)53(42(58)44(32,43)46)38-36(50)34(48)33(47)35(49)37(38)51)40(56)52(39(26)55)23-10-6-20(7-11-23)5-8-21-17-24(59-2)12-16-29(21)60-3/h5-13,15-18,26-27,31-32,54H,4,14,19H2,1-3H3/t26-,27+,31-,32-,43+,44-/m0/s1. The van der Waals surface area contributed by atoms with Crippen molar-refractivity contribution in [2.45, 2.75) is 35.4 Å². The van der Waals surface area contributed by atoms with Gasteiger partial charge in [-0.1, -0.05) is 42.0 Å². The molecule has 2 aliphatic carbocycles. The molecule has 4 aliphatic rings. The molecule has 6 atom stereocenters. The Kier molecular flexibility index (Phi) is 10.4. The van der Waals surface area contributed by atoms with Gasteiger partial charge in [0.05, 0.1) is 38.3 Å². The third-order valence-corrected chi connectivity index (χ3v) is 13.3. The molecule has 0 unspecified atom stereocenters. The highest BCUT2D eigenvalue weighted by atomic mass is 35.5. The van der Waals surface area contributed by atoms with Gasteiger partial charge in [-0.15, -0.1) is 23.2 Å². The van der Waals surface area contributed by atoms with Crippen molar-refractivity contribution in [2.24, 2.45) is 17.8 Å². The van der Waals surface area contributed by atoms with Crippen molar-refractivity contribution in [1.29, 1.82) is 0 Å². The summed E-state index contributed by atoms with van der Waals surface area (Å²) in [7, 11) is 3.07. The van der Waals surface area contributed by atoms with Crippen LogP contribution < -0.4 is 24.0 Å². The maximum Gasteiger partial charge on any atom is 0.258 e. The van der Waals surface area contributed by atoms with E-state index >= 15 is 8.78 Å². The zero-order chi connectivity index (χ0) is 43.9.